The summed E-state index contributed by atoms with van der Waals surface area (Å²) in [7, 11) is 0. The molecule has 1 aromatic heterocycles. The predicted octanol–water partition coefficient (Wildman–Crippen LogP) is 2.75. The Balaban J connectivity index is 2.02. The molecule has 0 spiro atoms. The van der Waals surface area contributed by atoms with Crippen LogP contribution < -0.4 is 4.90 Å². The van der Waals surface area contributed by atoms with Crippen LogP contribution in [0.1, 0.15) is 18.4 Å². The van der Waals surface area contributed by atoms with E-state index in [4.69, 9.17) is 0 Å². The zero-order valence-electron chi connectivity index (χ0n) is 11.3. The van der Waals surface area contributed by atoms with E-state index in [2.05, 4.69) is 41.1 Å². The van der Waals surface area contributed by atoms with E-state index >= 15 is 0 Å². The number of aliphatic hydroxyl groups excluding tert-OH is 1. The van der Waals surface area contributed by atoms with Gasteiger partial charge in [-0.3, -0.25) is 4.98 Å². The smallest absolute Gasteiger partial charge is 0.0722 e. The highest BCUT2D eigenvalue weighted by Crippen LogP contribution is 2.29. The first-order valence-electron chi connectivity index (χ1n) is 6.99. The Bertz CT molecular complexity index is 582. The topological polar surface area (TPSA) is 36.4 Å². The Morgan fingerprint density at radius 1 is 1.37 bits per heavy atom. The van der Waals surface area contributed by atoms with Crippen molar-refractivity contribution in [2.75, 3.05) is 24.6 Å². The van der Waals surface area contributed by atoms with Gasteiger partial charge in [-0.15, -0.1) is 0 Å². The standard InChI is InChI=1S/C16H20N2O/c1-12-4-5-15-14(9-12)16(6-7-17-15)18-8-2-3-13(10-18)11-19/h4-7,9,13,19H,2-3,8,10-11H2,1H3. The van der Waals surface area contributed by atoms with E-state index in [1.807, 2.05) is 6.20 Å². The van der Waals surface area contributed by atoms with Gasteiger partial charge in [-0.05, 0) is 43.9 Å². The summed E-state index contributed by atoms with van der Waals surface area (Å²) >= 11 is 0. The number of pyridine rings is 1. The fourth-order valence-corrected chi connectivity index (χ4v) is 2.95. The summed E-state index contributed by atoms with van der Waals surface area (Å²) in [5.74, 6) is 0.404. The lowest BCUT2D eigenvalue weighted by molar-refractivity contribution is 0.209. The second-order valence-corrected chi connectivity index (χ2v) is 5.49. The fourth-order valence-electron chi connectivity index (χ4n) is 2.95. The van der Waals surface area contributed by atoms with Crippen LogP contribution in [0.4, 0.5) is 5.69 Å². The molecular weight excluding hydrogens is 236 g/mol. The molecule has 1 fully saturated rings. The number of benzene rings is 1. The molecule has 1 aliphatic rings. The van der Waals surface area contributed by atoms with Crippen LogP contribution in [-0.4, -0.2) is 29.8 Å². The van der Waals surface area contributed by atoms with Gasteiger partial charge in [0.05, 0.1) is 5.52 Å². The SMILES string of the molecule is Cc1ccc2nccc(N3CCCC(CO)C3)c2c1. The monoisotopic (exact) mass is 256 g/mol. The van der Waals surface area contributed by atoms with Crippen LogP contribution in [-0.2, 0) is 0 Å². The maximum Gasteiger partial charge on any atom is 0.0722 e. The van der Waals surface area contributed by atoms with E-state index in [1.54, 1.807) is 0 Å². The first kappa shape index (κ1) is 12.4. The summed E-state index contributed by atoms with van der Waals surface area (Å²) in [5, 5.41) is 10.6. The second-order valence-electron chi connectivity index (χ2n) is 5.49. The number of fused-ring (bicyclic) bond motifs is 1. The Labute approximate surface area is 113 Å². The zero-order chi connectivity index (χ0) is 13.2. The van der Waals surface area contributed by atoms with Gasteiger partial charge in [-0.2, -0.15) is 0 Å². The van der Waals surface area contributed by atoms with Gasteiger partial charge in [0.25, 0.3) is 0 Å². The molecule has 2 heterocycles. The summed E-state index contributed by atoms with van der Waals surface area (Å²) in [5.41, 5.74) is 3.57. The van der Waals surface area contributed by atoms with Crippen molar-refractivity contribution in [1.82, 2.24) is 4.98 Å². The van der Waals surface area contributed by atoms with Crippen molar-refractivity contribution in [1.29, 1.82) is 0 Å². The summed E-state index contributed by atoms with van der Waals surface area (Å²) in [6.45, 7) is 4.43. The first-order chi connectivity index (χ1) is 9.28. The molecule has 0 bridgehead atoms. The fraction of sp³-hybridized carbons (Fsp3) is 0.438. The highest BCUT2D eigenvalue weighted by molar-refractivity contribution is 5.92. The van der Waals surface area contributed by atoms with Crippen molar-refractivity contribution in [2.45, 2.75) is 19.8 Å². The average Bonchev–Trinajstić information content (AvgIpc) is 2.46. The van der Waals surface area contributed by atoms with E-state index < -0.39 is 0 Å². The largest absolute Gasteiger partial charge is 0.396 e. The minimum atomic E-state index is 0.290. The van der Waals surface area contributed by atoms with Crippen LogP contribution in [0.15, 0.2) is 30.5 Å². The Morgan fingerprint density at radius 2 is 2.26 bits per heavy atom. The molecule has 1 saturated heterocycles. The van der Waals surface area contributed by atoms with Crippen LogP contribution in [0.3, 0.4) is 0 Å². The van der Waals surface area contributed by atoms with Gasteiger partial charge in [0.15, 0.2) is 0 Å². The third-order valence-electron chi connectivity index (χ3n) is 3.99. The molecule has 0 amide bonds. The molecule has 1 unspecified atom stereocenters. The van der Waals surface area contributed by atoms with Gasteiger partial charge in [-0.25, -0.2) is 0 Å². The van der Waals surface area contributed by atoms with E-state index in [-0.39, 0.29) is 0 Å². The molecular formula is C16H20N2O. The lowest BCUT2D eigenvalue weighted by Crippen LogP contribution is -2.36. The quantitative estimate of drug-likeness (QED) is 0.897. The highest BCUT2D eigenvalue weighted by Gasteiger charge is 2.20. The van der Waals surface area contributed by atoms with Crippen molar-refractivity contribution in [2.24, 2.45) is 5.92 Å². The maximum atomic E-state index is 9.37. The molecule has 2 aromatic rings. The van der Waals surface area contributed by atoms with Gasteiger partial charge in [0, 0.05) is 37.0 Å². The number of hydrogen-bond donors (Lipinski definition) is 1. The summed E-state index contributed by atoms with van der Waals surface area (Å²) in [6.07, 6.45) is 4.17. The van der Waals surface area contributed by atoms with Gasteiger partial charge in [0.1, 0.15) is 0 Å². The average molecular weight is 256 g/mol. The molecule has 3 heteroatoms. The van der Waals surface area contributed by atoms with Crippen molar-refractivity contribution in [3.05, 3.63) is 36.0 Å². The maximum absolute atomic E-state index is 9.37. The van der Waals surface area contributed by atoms with E-state index in [1.165, 1.54) is 16.6 Å². The summed E-state index contributed by atoms with van der Waals surface area (Å²) in [6, 6.07) is 8.50. The minimum Gasteiger partial charge on any atom is -0.396 e. The van der Waals surface area contributed by atoms with Gasteiger partial charge in [-0.1, -0.05) is 11.6 Å². The molecule has 1 N–H and O–H groups in total. The molecule has 0 aliphatic carbocycles. The minimum absolute atomic E-state index is 0.290. The number of nitrogens with zero attached hydrogens (tertiary/aromatic N) is 2. The third-order valence-corrected chi connectivity index (χ3v) is 3.99. The molecule has 1 aliphatic heterocycles. The van der Waals surface area contributed by atoms with Crippen LogP contribution in [0.2, 0.25) is 0 Å². The van der Waals surface area contributed by atoms with Crippen LogP contribution in [0.25, 0.3) is 10.9 Å². The number of anilines is 1. The zero-order valence-corrected chi connectivity index (χ0v) is 11.3. The lowest BCUT2D eigenvalue weighted by Gasteiger charge is -2.34. The highest BCUT2D eigenvalue weighted by atomic mass is 16.3. The van der Waals surface area contributed by atoms with Gasteiger partial charge >= 0.3 is 0 Å². The van der Waals surface area contributed by atoms with Crippen molar-refractivity contribution in [3.8, 4) is 0 Å². The number of aromatic nitrogens is 1. The lowest BCUT2D eigenvalue weighted by atomic mass is 9.98. The summed E-state index contributed by atoms with van der Waals surface area (Å²) < 4.78 is 0. The molecule has 1 atom stereocenters. The molecule has 3 rings (SSSR count). The van der Waals surface area contributed by atoms with Gasteiger partial charge < -0.3 is 10.0 Å². The van der Waals surface area contributed by atoms with Crippen LogP contribution in [0, 0.1) is 12.8 Å². The summed E-state index contributed by atoms with van der Waals surface area (Å²) in [4.78, 5) is 6.84. The number of piperidine rings is 1. The Morgan fingerprint density at radius 3 is 3.11 bits per heavy atom. The number of hydrogen-bond acceptors (Lipinski definition) is 3. The van der Waals surface area contributed by atoms with Gasteiger partial charge in [0.2, 0.25) is 0 Å². The normalized spacial score (nSPS) is 19.9. The van der Waals surface area contributed by atoms with Crippen molar-refractivity contribution < 1.29 is 5.11 Å². The number of aliphatic hydroxyl groups is 1. The molecule has 19 heavy (non-hydrogen) atoms. The number of aryl methyl sites for hydroxylation is 1. The predicted molar refractivity (Wildman–Crippen MR) is 78.5 cm³/mol. The molecule has 100 valence electrons. The van der Waals surface area contributed by atoms with Crippen LogP contribution in [0.5, 0.6) is 0 Å². The molecule has 0 radical (unpaired) electrons. The van der Waals surface area contributed by atoms with Crippen molar-refractivity contribution >= 4 is 16.6 Å². The molecule has 0 saturated carbocycles. The second kappa shape index (κ2) is 5.17. The van der Waals surface area contributed by atoms with Crippen molar-refractivity contribution in [3.63, 3.8) is 0 Å². The molecule has 3 nitrogen and oxygen atoms in total. The molecule has 1 aromatic carbocycles. The Hall–Kier alpha value is -1.61. The van der Waals surface area contributed by atoms with Crippen LogP contribution >= 0.6 is 0 Å². The Kier molecular flexibility index (Phi) is 3.38. The third kappa shape index (κ3) is 2.43. The van der Waals surface area contributed by atoms with E-state index in [9.17, 15) is 5.11 Å². The number of rotatable bonds is 2. The first-order valence-corrected chi connectivity index (χ1v) is 6.99. The van der Waals surface area contributed by atoms with E-state index in [0.29, 0.717) is 12.5 Å². The van der Waals surface area contributed by atoms with E-state index in [0.717, 1.165) is 31.4 Å².